The predicted molar refractivity (Wildman–Crippen MR) is 76.3 cm³/mol. The highest BCUT2D eigenvalue weighted by Gasteiger charge is 2.08. The van der Waals surface area contributed by atoms with E-state index >= 15 is 0 Å². The van der Waals surface area contributed by atoms with Gasteiger partial charge in [-0.3, -0.25) is 9.59 Å². The Kier molecular flexibility index (Phi) is 4.06. The molecule has 5 heteroatoms. The van der Waals surface area contributed by atoms with Gasteiger partial charge in [-0.25, -0.2) is 4.98 Å². The second-order valence-electron chi connectivity index (χ2n) is 3.93. The van der Waals surface area contributed by atoms with E-state index in [0.717, 1.165) is 0 Å². The monoisotopic (exact) mass is 318 g/mol. The molecule has 0 aliphatic rings. The first-order chi connectivity index (χ1) is 9.06. The molecule has 0 atom stereocenters. The van der Waals surface area contributed by atoms with E-state index in [-0.39, 0.29) is 11.7 Å². The van der Waals surface area contributed by atoms with Gasteiger partial charge in [0.15, 0.2) is 5.78 Å². The molecule has 0 bridgehead atoms. The van der Waals surface area contributed by atoms with E-state index in [1.807, 2.05) is 0 Å². The third-order valence-electron chi connectivity index (χ3n) is 2.50. The van der Waals surface area contributed by atoms with Crippen LogP contribution in [0.4, 0.5) is 5.69 Å². The van der Waals surface area contributed by atoms with Crippen molar-refractivity contribution >= 4 is 33.3 Å². The van der Waals surface area contributed by atoms with Gasteiger partial charge < -0.3 is 5.32 Å². The van der Waals surface area contributed by atoms with Gasteiger partial charge in [0.2, 0.25) is 0 Å². The topological polar surface area (TPSA) is 59.1 Å². The number of aromatic nitrogens is 1. The first kappa shape index (κ1) is 13.4. The van der Waals surface area contributed by atoms with Gasteiger partial charge >= 0.3 is 0 Å². The van der Waals surface area contributed by atoms with Crippen LogP contribution >= 0.6 is 15.9 Å². The van der Waals surface area contributed by atoms with Gasteiger partial charge in [0, 0.05) is 11.3 Å². The summed E-state index contributed by atoms with van der Waals surface area (Å²) in [4.78, 5) is 27.1. The first-order valence-electron chi connectivity index (χ1n) is 5.61. The number of ketones is 1. The fourth-order valence-electron chi connectivity index (χ4n) is 1.52. The zero-order valence-corrected chi connectivity index (χ0v) is 11.8. The maximum Gasteiger partial charge on any atom is 0.274 e. The molecule has 0 saturated heterocycles. The predicted octanol–water partition coefficient (Wildman–Crippen LogP) is 3.30. The van der Waals surface area contributed by atoms with E-state index in [1.165, 1.54) is 6.92 Å². The van der Waals surface area contributed by atoms with Gasteiger partial charge in [-0.1, -0.05) is 6.07 Å². The quantitative estimate of drug-likeness (QED) is 0.697. The Morgan fingerprint density at radius 1 is 1.11 bits per heavy atom. The number of benzene rings is 1. The molecule has 0 aliphatic heterocycles. The molecule has 1 aromatic carbocycles. The number of anilines is 1. The van der Waals surface area contributed by atoms with E-state index in [1.54, 1.807) is 42.5 Å². The Labute approximate surface area is 119 Å². The Morgan fingerprint density at radius 2 is 1.79 bits per heavy atom. The molecule has 0 fully saturated rings. The zero-order chi connectivity index (χ0) is 13.8. The lowest BCUT2D eigenvalue weighted by molar-refractivity contribution is 0.101. The number of hydrogen-bond acceptors (Lipinski definition) is 3. The van der Waals surface area contributed by atoms with E-state index < -0.39 is 0 Å². The van der Waals surface area contributed by atoms with Crippen molar-refractivity contribution in [2.45, 2.75) is 6.92 Å². The highest BCUT2D eigenvalue weighted by molar-refractivity contribution is 9.10. The minimum absolute atomic E-state index is 0.00784. The van der Waals surface area contributed by atoms with E-state index in [9.17, 15) is 9.59 Å². The molecule has 0 unspecified atom stereocenters. The smallest absolute Gasteiger partial charge is 0.274 e. The van der Waals surface area contributed by atoms with Gasteiger partial charge in [-0.15, -0.1) is 0 Å². The van der Waals surface area contributed by atoms with Crippen LogP contribution < -0.4 is 5.32 Å². The summed E-state index contributed by atoms with van der Waals surface area (Å²) in [5, 5.41) is 2.72. The molecule has 2 rings (SSSR count). The summed E-state index contributed by atoms with van der Waals surface area (Å²) in [6.07, 6.45) is 0. The molecule has 1 N–H and O–H groups in total. The normalized spacial score (nSPS) is 10.0. The highest BCUT2D eigenvalue weighted by Crippen LogP contribution is 2.12. The SMILES string of the molecule is CC(=O)c1ccc(NC(=O)c2cccc(Br)n2)cc1. The van der Waals surface area contributed by atoms with Crippen LogP contribution in [0.1, 0.15) is 27.8 Å². The Hall–Kier alpha value is -2.01. The fourth-order valence-corrected chi connectivity index (χ4v) is 1.86. The van der Waals surface area contributed by atoms with Crippen LogP contribution in [0.15, 0.2) is 47.1 Å². The van der Waals surface area contributed by atoms with Crippen molar-refractivity contribution < 1.29 is 9.59 Å². The van der Waals surface area contributed by atoms with Gasteiger partial charge in [0.25, 0.3) is 5.91 Å². The number of carbonyl (C=O) groups is 2. The van der Waals surface area contributed by atoms with Crippen molar-refractivity contribution in [3.63, 3.8) is 0 Å². The van der Waals surface area contributed by atoms with Crippen molar-refractivity contribution in [2.24, 2.45) is 0 Å². The Morgan fingerprint density at radius 3 is 2.37 bits per heavy atom. The number of nitrogens with zero attached hydrogens (tertiary/aromatic N) is 1. The van der Waals surface area contributed by atoms with Gasteiger partial charge in [0.1, 0.15) is 10.3 Å². The third kappa shape index (κ3) is 3.48. The standard InChI is InChI=1S/C14H11BrN2O2/c1-9(18)10-5-7-11(8-6-10)16-14(19)12-3-2-4-13(15)17-12/h2-8H,1H3,(H,16,19). The maximum absolute atomic E-state index is 11.9. The number of amides is 1. The second-order valence-corrected chi connectivity index (χ2v) is 4.75. The summed E-state index contributed by atoms with van der Waals surface area (Å²) in [6.45, 7) is 1.50. The lowest BCUT2D eigenvalue weighted by Gasteiger charge is -2.05. The third-order valence-corrected chi connectivity index (χ3v) is 2.94. The lowest BCUT2D eigenvalue weighted by atomic mass is 10.1. The molecule has 0 radical (unpaired) electrons. The van der Waals surface area contributed by atoms with Crippen molar-refractivity contribution in [2.75, 3.05) is 5.32 Å². The van der Waals surface area contributed by atoms with Crippen molar-refractivity contribution in [1.82, 2.24) is 4.98 Å². The van der Waals surface area contributed by atoms with Crippen LogP contribution in [0.25, 0.3) is 0 Å². The highest BCUT2D eigenvalue weighted by atomic mass is 79.9. The molecule has 1 heterocycles. The van der Waals surface area contributed by atoms with Crippen LogP contribution in [0.3, 0.4) is 0 Å². The van der Waals surface area contributed by atoms with E-state index in [4.69, 9.17) is 0 Å². The number of rotatable bonds is 3. The molecule has 2 aromatic rings. The fraction of sp³-hybridized carbons (Fsp3) is 0.0714. The number of carbonyl (C=O) groups excluding carboxylic acids is 2. The summed E-state index contributed by atoms with van der Waals surface area (Å²) in [7, 11) is 0. The molecular weight excluding hydrogens is 308 g/mol. The molecule has 96 valence electrons. The number of Topliss-reactive ketones (excluding diaryl/α,β-unsaturated/α-hetero) is 1. The molecule has 4 nitrogen and oxygen atoms in total. The number of pyridine rings is 1. The number of hydrogen-bond donors (Lipinski definition) is 1. The summed E-state index contributed by atoms with van der Waals surface area (Å²) in [5.41, 5.74) is 1.56. The maximum atomic E-state index is 11.9. The molecule has 19 heavy (non-hydrogen) atoms. The van der Waals surface area contributed by atoms with Crippen LogP contribution in [0.2, 0.25) is 0 Å². The second kappa shape index (κ2) is 5.75. The number of halogens is 1. The summed E-state index contributed by atoms with van der Waals surface area (Å²) < 4.78 is 0.604. The van der Waals surface area contributed by atoms with Crippen molar-refractivity contribution in [1.29, 1.82) is 0 Å². The minimum atomic E-state index is -0.295. The average molecular weight is 319 g/mol. The Bertz CT molecular complexity index is 624. The summed E-state index contributed by atoms with van der Waals surface area (Å²) in [5.74, 6) is -0.302. The first-order valence-corrected chi connectivity index (χ1v) is 6.40. The van der Waals surface area contributed by atoms with E-state index in [2.05, 4.69) is 26.2 Å². The molecule has 0 aliphatic carbocycles. The molecule has 0 spiro atoms. The van der Waals surface area contributed by atoms with Crippen LogP contribution in [-0.4, -0.2) is 16.7 Å². The molecular formula is C14H11BrN2O2. The molecule has 1 aromatic heterocycles. The van der Waals surface area contributed by atoms with Crippen molar-refractivity contribution in [3.05, 3.63) is 58.3 Å². The van der Waals surface area contributed by atoms with Gasteiger partial charge in [0.05, 0.1) is 0 Å². The minimum Gasteiger partial charge on any atom is -0.321 e. The average Bonchev–Trinajstić information content (AvgIpc) is 2.39. The van der Waals surface area contributed by atoms with Gasteiger partial charge in [-0.2, -0.15) is 0 Å². The van der Waals surface area contributed by atoms with Crippen LogP contribution in [-0.2, 0) is 0 Å². The van der Waals surface area contributed by atoms with E-state index in [0.29, 0.717) is 21.5 Å². The lowest BCUT2D eigenvalue weighted by Crippen LogP contribution is -2.13. The number of nitrogens with one attached hydrogen (secondary N) is 1. The van der Waals surface area contributed by atoms with Crippen molar-refractivity contribution in [3.8, 4) is 0 Å². The van der Waals surface area contributed by atoms with Crippen LogP contribution in [0.5, 0.6) is 0 Å². The summed E-state index contributed by atoms with van der Waals surface area (Å²) in [6, 6.07) is 11.8. The van der Waals surface area contributed by atoms with Gasteiger partial charge in [-0.05, 0) is 59.3 Å². The molecule has 1 amide bonds. The van der Waals surface area contributed by atoms with Crippen LogP contribution in [0, 0.1) is 0 Å². The molecule has 0 saturated carbocycles. The Balaban J connectivity index is 2.13. The zero-order valence-electron chi connectivity index (χ0n) is 10.2. The summed E-state index contributed by atoms with van der Waals surface area (Å²) >= 11 is 3.21. The largest absolute Gasteiger partial charge is 0.321 e.